The van der Waals surface area contributed by atoms with Gasteiger partial charge in [-0.25, -0.2) is 8.78 Å². The lowest BCUT2D eigenvalue weighted by molar-refractivity contribution is 0.106. The first-order valence-corrected chi connectivity index (χ1v) is 7.20. The summed E-state index contributed by atoms with van der Waals surface area (Å²) >= 11 is 3.10. The molecular formula is C14H20BrF2NO. The van der Waals surface area contributed by atoms with Crippen LogP contribution in [0.2, 0.25) is 0 Å². The lowest BCUT2D eigenvalue weighted by Crippen LogP contribution is -2.24. The molecule has 0 saturated carbocycles. The highest BCUT2D eigenvalue weighted by Gasteiger charge is 2.21. The quantitative estimate of drug-likeness (QED) is 0.754. The Hall–Kier alpha value is -0.520. The van der Waals surface area contributed by atoms with Crippen molar-refractivity contribution in [3.05, 3.63) is 33.8 Å². The number of halogens is 3. The van der Waals surface area contributed by atoms with E-state index >= 15 is 0 Å². The predicted molar refractivity (Wildman–Crippen MR) is 76.2 cm³/mol. The second kappa shape index (κ2) is 7.92. The average molecular weight is 336 g/mol. The van der Waals surface area contributed by atoms with Crippen molar-refractivity contribution in [2.45, 2.75) is 38.8 Å². The topological polar surface area (TPSA) is 21.3 Å². The van der Waals surface area contributed by atoms with E-state index in [2.05, 4.69) is 21.2 Å². The maximum Gasteiger partial charge on any atom is 0.145 e. The van der Waals surface area contributed by atoms with Gasteiger partial charge in [-0.2, -0.15) is 0 Å². The number of rotatable bonds is 7. The Kier molecular flexibility index (Phi) is 6.89. The highest BCUT2D eigenvalue weighted by Crippen LogP contribution is 2.29. The van der Waals surface area contributed by atoms with Gasteiger partial charge < -0.3 is 10.1 Å². The average Bonchev–Trinajstić information content (AvgIpc) is 2.40. The minimum absolute atomic E-state index is 0.0689. The van der Waals surface area contributed by atoms with Crippen molar-refractivity contribution in [1.82, 2.24) is 5.32 Å². The van der Waals surface area contributed by atoms with Crippen LogP contribution in [0.25, 0.3) is 0 Å². The Labute approximate surface area is 121 Å². The Morgan fingerprint density at radius 2 is 2.00 bits per heavy atom. The van der Waals surface area contributed by atoms with Crippen LogP contribution in [0, 0.1) is 11.6 Å². The summed E-state index contributed by atoms with van der Waals surface area (Å²) in [5.74, 6) is -1.05. The van der Waals surface area contributed by atoms with Gasteiger partial charge in [-0.05, 0) is 54.4 Å². The van der Waals surface area contributed by atoms with Crippen LogP contribution in [0.3, 0.4) is 0 Å². The molecule has 0 heterocycles. The maximum absolute atomic E-state index is 14.1. The van der Waals surface area contributed by atoms with E-state index in [0.717, 1.165) is 6.42 Å². The largest absolute Gasteiger partial charge is 0.382 e. The highest BCUT2D eigenvalue weighted by atomic mass is 79.9. The zero-order valence-corrected chi connectivity index (χ0v) is 13.1. The third kappa shape index (κ3) is 4.51. The van der Waals surface area contributed by atoms with E-state index in [0.29, 0.717) is 13.0 Å². The molecule has 0 aliphatic carbocycles. The van der Waals surface area contributed by atoms with Crippen LogP contribution in [-0.2, 0) is 4.74 Å². The highest BCUT2D eigenvalue weighted by molar-refractivity contribution is 9.10. The molecule has 2 atom stereocenters. The zero-order chi connectivity index (χ0) is 14.4. The standard InChI is InChI=1S/C14H20BrF2NO/c1-4-18-12(8-5-9(2)19-3)13-11(16)7-6-10(15)14(13)17/h6-7,9,12,18H,4-5,8H2,1-3H3. The molecule has 0 radical (unpaired) electrons. The summed E-state index contributed by atoms with van der Waals surface area (Å²) in [4.78, 5) is 0. The number of nitrogens with one attached hydrogen (secondary N) is 1. The summed E-state index contributed by atoms with van der Waals surface area (Å²) < 4.78 is 33.4. The van der Waals surface area contributed by atoms with E-state index in [1.807, 2.05) is 13.8 Å². The minimum atomic E-state index is -0.531. The summed E-state index contributed by atoms with van der Waals surface area (Å²) in [6.45, 7) is 4.51. The van der Waals surface area contributed by atoms with Gasteiger partial charge in [-0.15, -0.1) is 0 Å². The fourth-order valence-corrected chi connectivity index (χ4v) is 2.32. The second-order valence-corrected chi connectivity index (χ2v) is 5.35. The van der Waals surface area contributed by atoms with E-state index < -0.39 is 11.6 Å². The number of methoxy groups -OCH3 is 1. The third-order valence-corrected chi connectivity index (χ3v) is 3.76. The fourth-order valence-electron chi connectivity index (χ4n) is 1.98. The summed E-state index contributed by atoms with van der Waals surface area (Å²) in [6, 6.07) is 2.32. The molecule has 1 aromatic carbocycles. The first-order valence-electron chi connectivity index (χ1n) is 6.40. The van der Waals surface area contributed by atoms with Crippen molar-refractivity contribution >= 4 is 15.9 Å². The molecule has 0 aromatic heterocycles. The summed E-state index contributed by atoms with van der Waals surface area (Å²) in [7, 11) is 1.63. The molecule has 0 spiro atoms. The van der Waals surface area contributed by atoms with Crippen molar-refractivity contribution in [3.63, 3.8) is 0 Å². The van der Waals surface area contributed by atoms with Gasteiger partial charge in [0.15, 0.2) is 0 Å². The van der Waals surface area contributed by atoms with Gasteiger partial charge in [0.1, 0.15) is 11.6 Å². The molecule has 2 unspecified atom stereocenters. The molecule has 1 N–H and O–H groups in total. The molecule has 0 bridgehead atoms. The Morgan fingerprint density at radius 1 is 1.32 bits per heavy atom. The Balaban J connectivity index is 2.95. The Bertz CT molecular complexity index is 415. The second-order valence-electron chi connectivity index (χ2n) is 4.49. The molecule has 2 nitrogen and oxygen atoms in total. The van der Waals surface area contributed by atoms with Crippen LogP contribution in [0.15, 0.2) is 16.6 Å². The van der Waals surface area contributed by atoms with Crippen molar-refractivity contribution in [3.8, 4) is 0 Å². The van der Waals surface area contributed by atoms with Gasteiger partial charge in [0.25, 0.3) is 0 Å². The molecule has 108 valence electrons. The van der Waals surface area contributed by atoms with Crippen molar-refractivity contribution in [2.75, 3.05) is 13.7 Å². The fraction of sp³-hybridized carbons (Fsp3) is 0.571. The normalized spacial score (nSPS) is 14.4. The van der Waals surface area contributed by atoms with Gasteiger partial charge >= 0.3 is 0 Å². The smallest absolute Gasteiger partial charge is 0.145 e. The number of ether oxygens (including phenoxy) is 1. The molecule has 0 aliphatic heterocycles. The molecular weight excluding hydrogens is 316 g/mol. The van der Waals surface area contributed by atoms with E-state index in [1.54, 1.807) is 7.11 Å². The summed E-state index contributed by atoms with van der Waals surface area (Å²) in [5.41, 5.74) is 0.0968. The van der Waals surface area contributed by atoms with Crippen molar-refractivity contribution in [1.29, 1.82) is 0 Å². The van der Waals surface area contributed by atoms with Gasteiger partial charge in [0.2, 0.25) is 0 Å². The van der Waals surface area contributed by atoms with Gasteiger partial charge in [0, 0.05) is 18.7 Å². The predicted octanol–water partition coefficient (Wildman–Crippen LogP) is 4.19. The lowest BCUT2D eigenvalue weighted by Gasteiger charge is -2.21. The monoisotopic (exact) mass is 335 g/mol. The van der Waals surface area contributed by atoms with Crippen LogP contribution in [0.1, 0.15) is 38.3 Å². The number of benzene rings is 1. The third-order valence-electron chi connectivity index (χ3n) is 3.14. The number of hydrogen-bond acceptors (Lipinski definition) is 2. The van der Waals surface area contributed by atoms with E-state index in [4.69, 9.17) is 4.74 Å². The molecule has 0 aliphatic rings. The van der Waals surface area contributed by atoms with Crippen molar-refractivity contribution in [2.24, 2.45) is 0 Å². The molecule has 19 heavy (non-hydrogen) atoms. The molecule has 5 heteroatoms. The molecule has 1 rings (SSSR count). The Morgan fingerprint density at radius 3 is 2.58 bits per heavy atom. The van der Waals surface area contributed by atoms with E-state index in [-0.39, 0.29) is 22.2 Å². The van der Waals surface area contributed by atoms with E-state index in [1.165, 1.54) is 12.1 Å². The molecule has 0 fully saturated rings. The van der Waals surface area contributed by atoms with Gasteiger partial charge in [-0.1, -0.05) is 6.92 Å². The van der Waals surface area contributed by atoms with Crippen LogP contribution < -0.4 is 5.32 Å². The van der Waals surface area contributed by atoms with Gasteiger partial charge in [-0.3, -0.25) is 0 Å². The first kappa shape index (κ1) is 16.5. The molecule has 0 amide bonds. The van der Waals surface area contributed by atoms with Crippen molar-refractivity contribution < 1.29 is 13.5 Å². The van der Waals surface area contributed by atoms with Crippen LogP contribution in [0.4, 0.5) is 8.78 Å². The lowest BCUT2D eigenvalue weighted by atomic mass is 9.99. The van der Waals surface area contributed by atoms with E-state index in [9.17, 15) is 8.78 Å². The SMILES string of the molecule is CCNC(CCC(C)OC)c1c(F)ccc(Br)c1F. The zero-order valence-electron chi connectivity index (χ0n) is 11.5. The van der Waals surface area contributed by atoms with Crippen LogP contribution in [0.5, 0.6) is 0 Å². The van der Waals surface area contributed by atoms with Crippen LogP contribution >= 0.6 is 15.9 Å². The molecule has 1 aromatic rings. The first-order chi connectivity index (χ1) is 9.01. The van der Waals surface area contributed by atoms with Crippen LogP contribution in [-0.4, -0.2) is 19.8 Å². The minimum Gasteiger partial charge on any atom is -0.382 e. The van der Waals surface area contributed by atoms with Gasteiger partial charge in [0.05, 0.1) is 10.6 Å². The summed E-state index contributed by atoms with van der Waals surface area (Å²) in [6.07, 6.45) is 1.42. The summed E-state index contributed by atoms with van der Waals surface area (Å²) in [5, 5.41) is 3.13. The maximum atomic E-state index is 14.1. The number of hydrogen-bond donors (Lipinski definition) is 1. The molecule has 0 saturated heterocycles.